The number of methoxy groups -OCH3 is 1. The topological polar surface area (TPSA) is 136 Å². The minimum atomic E-state index is -0.917. The van der Waals surface area contributed by atoms with Crippen LogP contribution in [0.15, 0.2) is 59.5 Å². The molecule has 31 heavy (non-hydrogen) atoms. The van der Waals surface area contributed by atoms with E-state index >= 15 is 0 Å². The highest BCUT2D eigenvalue weighted by atomic mass is 16.5. The third-order valence-corrected chi connectivity index (χ3v) is 4.72. The zero-order valence-corrected chi connectivity index (χ0v) is 17.0. The van der Waals surface area contributed by atoms with E-state index in [2.05, 4.69) is 0 Å². The van der Waals surface area contributed by atoms with Gasteiger partial charge in [-0.05, 0) is 30.7 Å². The standard InChI is InChI=1S/C22H24N4O5/c1-30-19-7-4-6-17(10-19)25-13-21(28)26(22(25)29)12-16(24)9-18(27)14-31-20-8-3-2-5-15(20)11-23/h2-8,10,13,16,18,27-28H,9,12,14,24H2,1H3. The molecule has 0 radical (unpaired) electrons. The Balaban J connectivity index is 1.64. The molecule has 3 rings (SSSR count). The van der Waals surface area contributed by atoms with Crippen LogP contribution in [0.1, 0.15) is 12.0 Å². The summed E-state index contributed by atoms with van der Waals surface area (Å²) in [5.41, 5.74) is 6.54. The maximum absolute atomic E-state index is 12.7. The lowest BCUT2D eigenvalue weighted by molar-refractivity contribution is 0.0918. The zero-order chi connectivity index (χ0) is 22.4. The minimum absolute atomic E-state index is 0.00742. The average Bonchev–Trinajstić information content (AvgIpc) is 3.06. The Morgan fingerprint density at radius 2 is 2.00 bits per heavy atom. The number of nitrogens with zero attached hydrogens (tertiary/aromatic N) is 3. The number of imidazole rings is 1. The normalized spacial score (nSPS) is 12.7. The van der Waals surface area contributed by atoms with Gasteiger partial charge < -0.3 is 25.4 Å². The van der Waals surface area contributed by atoms with Gasteiger partial charge in [0.25, 0.3) is 0 Å². The Morgan fingerprint density at radius 3 is 2.74 bits per heavy atom. The molecular formula is C22H24N4O5. The van der Waals surface area contributed by atoms with Crippen molar-refractivity contribution in [1.29, 1.82) is 5.26 Å². The number of benzene rings is 2. The smallest absolute Gasteiger partial charge is 0.335 e. The van der Waals surface area contributed by atoms with Crippen LogP contribution in [0, 0.1) is 11.3 Å². The fourth-order valence-electron chi connectivity index (χ4n) is 3.18. The monoisotopic (exact) mass is 424 g/mol. The molecule has 0 bridgehead atoms. The number of aliphatic hydroxyl groups excluding tert-OH is 1. The van der Waals surface area contributed by atoms with Crippen LogP contribution in [-0.4, -0.2) is 45.2 Å². The van der Waals surface area contributed by atoms with Crippen molar-refractivity contribution >= 4 is 0 Å². The van der Waals surface area contributed by atoms with E-state index in [-0.39, 0.29) is 25.5 Å². The van der Waals surface area contributed by atoms with Crippen LogP contribution >= 0.6 is 0 Å². The first kappa shape index (κ1) is 22.0. The quantitative estimate of drug-likeness (QED) is 0.472. The predicted molar refractivity (Wildman–Crippen MR) is 113 cm³/mol. The lowest BCUT2D eigenvalue weighted by Gasteiger charge is -2.18. The summed E-state index contributed by atoms with van der Waals surface area (Å²) in [5, 5.41) is 29.6. The van der Waals surface area contributed by atoms with Crippen LogP contribution in [0.25, 0.3) is 5.69 Å². The van der Waals surface area contributed by atoms with Gasteiger partial charge >= 0.3 is 5.69 Å². The molecule has 0 aliphatic carbocycles. The van der Waals surface area contributed by atoms with Crippen molar-refractivity contribution in [2.75, 3.05) is 13.7 Å². The fourth-order valence-corrected chi connectivity index (χ4v) is 3.18. The van der Waals surface area contributed by atoms with E-state index < -0.39 is 17.8 Å². The number of ether oxygens (including phenoxy) is 2. The first-order valence-corrected chi connectivity index (χ1v) is 9.64. The number of nitrogens with two attached hydrogens (primary N) is 1. The van der Waals surface area contributed by atoms with Gasteiger partial charge in [-0.25, -0.2) is 4.79 Å². The van der Waals surface area contributed by atoms with Gasteiger partial charge in [-0.2, -0.15) is 5.26 Å². The molecule has 0 saturated heterocycles. The van der Waals surface area contributed by atoms with Gasteiger partial charge in [0.15, 0.2) is 0 Å². The summed E-state index contributed by atoms with van der Waals surface area (Å²) in [7, 11) is 1.53. The van der Waals surface area contributed by atoms with Crippen LogP contribution in [0.2, 0.25) is 0 Å². The molecule has 0 spiro atoms. The SMILES string of the molecule is COc1cccc(-n2cc(O)n(CC(N)CC(O)COc3ccccc3C#N)c2=O)c1. The molecule has 0 fully saturated rings. The summed E-state index contributed by atoms with van der Waals surface area (Å²) in [5.74, 6) is 0.716. The van der Waals surface area contributed by atoms with E-state index in [1.54, 1.807) is 48.5 Å². The van der Waals surface area contributed by atoms with Crippen molar-refractivity contribution in [3.05, 3.63) is 70.8 Å². The van der Waals surface area contributed by atoms with Gasteiger partial charge in [0.05, 0.1) is 30.7 Å². The van der Waals surface area contributed by atoms with Crippen molar-refractivity contribution in [3.8, 4) is 29.1 Å². The maximum atomic E-state index is 12.7. The van der Waals surface area contributed by atoms with Crippen LogP contribution in [-0.2, 0) is 6.54 Å². The lowest BCUT2D eigenvalue weighted by Crippen LogP contribution is -2.36. The largest absolute Gasteiger partial charge is 0.497 e. The van der Waals surface area contributed by atoms with E-state index in [9.17, 15) is 15.0 Å². The fraction of sp³-hybridized carbons (Fsp3) is 0.273. The van der Waals surface area contributed by atoms with Crippen molar-refractivity contribution in [2.45, 2.75) is 25.1 Å². The molecule has 2 aromatic carbocycles. The average molecular weight is 424 g/mol. The Labute approximate surface area is 179 Å². The molecule has 4 N–H and O–H groups in total. The number of para-hydroxylation sites is 1. The second-order valence-electron chi connectivity index (χ2n) is 7.02. The summed E-state index contributed by atoms with van der Waals surface area (Å²) >= 11 is 0. The second-order valence-corrected chi connectivity index (χ2v) is 7.02. The van der Waals surface area contributed by atoms with Gasteiger partial charge in [0.2, 0.25) is 5.88 Å². The van der Waals surface area contributed by atoms with Gasteiger partial charge in [-0.1, -0.05) is 18.2 Å². The van der Waals surface area contributed by atoms with Gasteiger partial charge in [-0.15, -0.1) is 0 Å². The van der Waals surface area contributed by atoms with E-state index in [1.165, 1.54) is 17.9 Å². The number of nitriles is 1. The lowest BCUT2D eigenvalue weighted by atomic mass is 10.1. The summed E-state index contributed by atoms with van der Waals surface area (Å²) in [6.07, 6.45) is 0.521. The number of rotatable bonds is 9. The first-order valence-electron chi connectivity index (χ1n) is 9.64. The summed E-state index contributed by atoms with van der Waals surface area (Å²) < 4.78 is 13.1. The highest BCUT2D eigenvalue weighted by molar-refractivity contribution is 5.42. The molecule has 1 aromatic heterocycles. The molecule has 162 valence electrons. The molecule has 9 heteroatoms. The number of aliphatic hydroxyl groups is 1. The summed E-state index contributed by atoms with van der Waals surface area (Å²) in [6, 6.07) is 15.0. The third-order valence-electron chi connectivity index (χ3n) is 4.72. The molecule has 0 saturated carbocycles. The Hall–Kier alpha value is -3.74. The molecule has 0 aliphatic rings. The number of aromatic hydroxyl groups is 1. The molecule has 2 atom stereocenters. The van der Waals surface area contributed by atoms with E-state index in [1.807, 2.05) is 6.07 Å². The minimum Gasteiger partial charge on any atom is -0.497 e. The Morgan fingerprint density at radius 1 is 1.23 bits per heavy atom. The Bertz CT molecular complexity index is 1130. The van der Waals surface area contributed by atoms with Crippen molar-refractivity contribution in [1.82, 2.24) is 9.13 Å². The second kappa shape index (κ2) is 9.84. The molecule has 0 aliphatic heterocycles. The highest BCUT2D eigenvalue weighted by Crippen LogP contribution is 2.19. The predicted octanol–water partition coefficient (Wildman–Crippen LogP) is 1.38. The molecule has 0 amide bonds. The highest BCUT2D eigenvalue weighted by Gasteiger charge is 2.18. The van der Waals surface area contributed by atoms with E-state index in [0.717, 1.165) is 4.57 Å². The zero-order valence-electron chi connectivity index (χ0n) is 17.0. The number of hydrogen-bond acceptors (Lipinski definition) is 7. The van der Waals surface area contributed by atoms with Crippen LogP contribution in [0.3, 0.4) is 0 Å². The first-order chi connectivity index (χ1) is 14.9. The molecule has 9 nitrogen and oxygen atoms in total. The van der Waals surface area contributed by atoms with Crippen molar-refractivity contribution in [3.63, 3.8) is 0 Å². The molecule has 1 heterocycles. The molecule has 2 unspecified atom stereocenters. The number of hydrogen-bond donors (Lipinski definition) is 3. The van der Waals surface area contributed by atoms with Crippen LogP contribution < -0.4 is 20.9 Å². The van der Waals surface area contributed by atoms with Crippen LogP contribution in [0.4, 0.5) is 0 Å². The third kappa shape index (κ3) is 5.25. The maximum Gasteiger partial charge on any atom is 0.335 e. The summed E-state index contributed by atoms with van der Waals surface area (Å²) in [6.45, 7) is -0.0500. The Kier molecular flexibility index (Phi) is 6.97. The molecule has 3 aromatic rings. The van der Waals surface area contributed by atoms with Crippen molar-refractivity contribution in [2.24, 2.45) is 5.73 Å². The van der Waals surface area contributed by atoms with E-state index in [4.69, 9.17) is 20.5 Å². The van der Waals surface area contributed by atoms with Crippen molar-refractivity contribution < 1.29 is 19.7 Å². The number of aromatic nitrogens is 2. The van der Waals surface area contributed by atoms with Gasteiger partial charge in [-0.3, -0.25) is 9.13 Å². The van der Waals surface area contributed by atoms with Crippen LogP contribution in [0.5, 0.6) is 17.4 Å². The molecular weight excluding hydrogens is 400 g/mol. The van der Waals surface area contributed by atoms with Gasteiger partial charge in [0, 0.05) is 18.7 Å². The van der Waals surface area contributed by atoms with Gasteiger partial charge in [0.1, 0.15) is 24.2 Å². The van der Waals surface area contributed by atoms with E-state index in [0.29, 0.717) is 22.7 Å². The summed E-state index contributed by atoms with van der Waals surface area (Å²) in [4.78, 5) is 12.7.